The van der Waals surface area contributed by atoms with Crippen LogP contribution < -0.4 is 5.73 Å². The van der Waals surface area contributed by atoms with E-state index in [2.05, 4.69) is 4.98 Å². The highest BCUT2D eigenvalue weighted by Crippen LogP contribution is 2.31. The van der Waals surface area contributed by atoms with Crippen molar-refractivity contribution < 1.29 is 18.0 Å². The van der Waals surface area contributed by atoms with Crippen LogP contribution >= 0.6 is 11.6 Å². The second-order valence-electron chi connectivity index (χ2n) is 4.37. The molecule has 0 amide bonds. The van der Waals surface area contributed by atoms with Gasteiger partial charge in [0, 0.05) is 30.1 Å². The number of nitrogens with zero attached hydrogens (tertiary/aromatic N) is 1. The second kappa shape index (κ2) is 5.73. The van der Waals surface area contributed by atoms with Crippen molar-refractivity contribution in [1.29, 1.82) is 0 Å². The van der Waals surface area contributed by atoms with E-state index in [9.17, 15) is 18.0 Å². The summed E-state index contributed by atoms with van der Waals surface area (Å²) in [5.74, 6) is -0.535. The molecule has 7 heteroatoms. The molecule has 0 saturated heterocycles. The van der Waals surface area contributed by atoms with Crippen molar-refractivity contribution >= 4 is 23.1 Å². The number of hydrogen-bond acceptors (Lipinski definition) is 3. The molecule has 2 rings (SSSR count). The maximum Gasteiger partial charge on any atom is 0.416 e. The van der Waals surface area contributed by atoms with Crippen LogP contribution in [0.3, 0.4) is 0 Å². The summed E-state index contributed by atoms with van der Waals surface area (Å²) in [6, 6.07) is 4.20. The Labute approximate surface area is 123 Å². The van der Waals surface area contributed by atoms with Crippen molar-refractivity contribution in [1.82, 2.24) is 4.98 Å². The van der Waals surface area contributed by atoms with E-state index in [0.717, 1.165) is 18.2 Å². The summed E-state index contributed by atoms with van der Waals surface area (Å²) in [6.45, 7) is 0. The van der Waals surface area contributed by atoms with E-state index in [-0.39, 0.29) is 22.7 Å². The maximum atomic E-state index is 12.7. The van der Waals surface area contributed by atoms with Crippen molar-refractivity contribution in [3.63, 3.8) is 0 Å². The SMILES string of the molecule is Nc1ccc(C(F)(F)F)cc1C(=O)Cc1ccncc1Cl. The number of carbonyl (C=O) groups excluding carboxylic acids is 1. The summed E-state index contributed by atoms with van der Waals surface area (Å²) in [6.07, 6.45) is -1.87. The number of alkyl halides is 3. The summed E-state index contributed by atoms with van der Waals surface area (Å²) in [7, 11) is 0. The molecule has 0 atom stereocenters. The minimum absolute atomic E-state index is 0.00169. The maximum absolute atomic E-state index is 12.7. The van der Waals surface area contributed by atoms with Gasteiger partial charge in [-0.3, -0.25) is 9.78 Å². The Morgan fingerprint density at radius 3 is 2.62 bits per heavy atom. The molecule has 110 valence electrons. The number of hydrogen-bond donors (Lipinski definition) is 1. The largest absolute Gasteiger partial charge is 0.416 e. The first-order valence-corrected chi connectivity index (χ1v) is 6.25. The number of nitrogens with two attached hydrogens (primary N) is 1. The number of Topliss-reactive ketones (excluding diaryl/α,β-unsaturated/α-hetero) is 1. The van der Waals surface area contributed by atoms with Crippen LogP contribution in [0, 0.1) is 0 Å². The van der Waals surface area contributed by atoms with Gasteiger partial charge in [-0.05, 0) is 29.8 Å². The Balaban J connectivity index is 2.33. The van der Waals surface area contributed by atoms with Crippen molar-refractivity contribution in [2.45, 2.75) is 12.6 Å². The zero-order valence-corrected chi connectivity index (χ0v) is 11.4. The van der Waals surface area contributed by atoms with Gasteiger partial charge in [0.1, 0.15) is 0 Å². The molecule has 0 spiro atoms. The first-order valence-electron chi connectivity index (χ1n) is 5.87. The number of pyridine rings is 1. The van der Waals surface area contributed by atoms with Crippen LogP contribution in [0.25, 0.3) is 0 Å². The van der Waals surface area contributed by atoms with E-state index >= 15 is 0 Å². The number of benzene rings is 1. The first kappa shape index (κ1) is 15.3. The molecule has 3 nitrogen and oxygen atoms in total. The Kier molecular flexibility index (Phi) is 4.18. The van der Waals surface area contributed by atoms with Crippen LogP contribution in [-0.4, -0.2) is 10.8 Å². The standard InChI is InChI=1S/C14H10ClF3N2O/c15-11-7-20-4-3-8(11)5-13(21)10-6-9(14(16,17)18)1-2-12(10)19/h1-4,6-7H,5,19H2. The normalized spacial score (nSPS) is 11.4. The molecule has 2 N–H and O–H groups in total. The number of halogens is 4. The lowest BCUT2D eigenvalue weighted by Crippen LogP contribution is -2.11. The summed E-state index contributed by atoms with van der Waals surface area (Å²) in [5.41, 5.74) is 4.99. The number of carbonyl (C=O) groups is 1. The summed E-state index contributed by atoms with van der Waals surface area (Å²) >= 11 is 5.87. The van der Waals surface area contributed by atoms with E-state index in [1.807, 2.05) is 0 Å². The van der Waals surface area contributed by atoms with Gasteiger partial charge in [-0.1, -0.05) is 11.6 Å². The Morgan fingerprint density at radius 2 is 2.00 bits per heavy atom. The van der Waals surface area contributed by atoms with Crippen LogP contribution in [0.15, 0.2) is 36.7 Å². The van der Waals surface area contributed by atoms with Gasteiger partial charge in [-0.2, -0.15) is 13.2 Å². The van der Waals surface area contributed by atoms with E-state index in [4.69, 9.17) is 17.3 Å². The first-order chi connectivity index (χ1) is 9.79. The smallest absolute Gasteiger partial charge is 0.398 e. The van der Waals surface area contributed by atoms with Gasteiger partial charge < -0.3 is 5.73 Å². The highest BCUT2D eigenvalue weighted by molar-refractivity contribution is 6.31. The number of anilines is 1. The van der Waals surface area contributed by atoms with Crippen LogP contribution in [0.5, 0.6) is 0 Å². The Morgan fingerprint density at radius 1 is 1.29 bits per heavy atom. The monoisotopic (exact) mass is 314 g/mol. The highest BCUT2D eigenvalue weighted by Gasteiger charge is 2.31. The molecule has 0 unspecified atom stereocenters. The van der Waals surface area contributed by atoms with Crippen molar-refractivity contribution in [3.05, 3.63) is 58.4 Å². The summed E-state index contributed by atoms with van der Waals surface area (Å²) < 4.78 is 38.0. The molecule has 21 heavy (non-hydrogen) atoms. The third-order valence-corrected chi connectivity index (χ3v) is 3.23. The topological polar surface area (TPSA) is 56.0 Å². The highest BCUT2D eigenvalue weighted by atomic mass is 35.5. The molecule has 0 aliphatic rings. The Hall–Kier alpha value is -2.08. The number of ketones is 1. The van der Waals surface area contributed by atoms with E-state index in [0.29, 0.717) is 5.56 Å². The number of rotatable bonds is 3. The van der Waals surface area contributed by atoms with Gasteiger partial charge in [0.05, 0.1) is 10.6 Å². The lowest BCUT2D eigenvalue weighted by atomic mass is 10.00. The minimum Gasteiger partial charge on any atom is -0.398 e. The van der Waals surface area contributed by atoms with Gasteiger partial charge in [-0.15, -0.1) is 0 Å². The fraction of sp³-hybridized carbons (Fsp3) is 0.143. The summed E-state index contributed by atoms with van der Waals surface area (Å²) in [5, 5.41) is 0.274. The predicted octanol–water partition coefficient (Wildman–Crippen LogP) is 3.76. The molecule has 1 aromatic carbocycles. The average molecular weight is 315 g/mol. The molecular formula is C14H10ClF3N2O. The molecular weight excluding hydrogens is 305 g/mol. The van der Waals surface area contributed by atoms with Gasteiger partial charge in [0.25, 0.3) is 0 Å². The van der Waals surface area contributed by atoms with E-state index < -0.39 is 17.5 Å². The fourth-order valence-corrected chi connectivity index (χ4v) is 1.98. The van der Waals surface area contributed by atoms with Gasteiger partial charge >= 0.3 is 6.18 Å². The zero-order chi connectivity index (χ0) is 15.6. The van der Waals surface area contributed by atoms with Crippen LogP contribution in [-0.2, 0) is 12.6 Å². The predicted molar refractivity (Wildman–Crippen MR) is 73.1 cm³/mol. The quantitative estimate of drug-likeness (QED) is 0.693. The number of nitrogen functional groups attached to an aromatic ring is 1. The third kappa shape index (κ3) is 3.52. The van der Waals surface area contributed by atoms with Crippen LogP contribution in [0.4, 0.5) is 18.9 Å². The van der Waals surface area contributed by atoms with Gasteiger partial charge in [-0.25, -0.2) is 0 Å². The Bertz CT molecular complexity index is 686. The van der Waals surface area contributed by atoms with Crippen LogP contribution in [0.1, 0.15) is 21.5 Å². The minimum atomic E-state index is -4.53. The van der Waals surface area contributed by atoms with E-state index in [1.54, 1.807) is 0 Å². The molecule has 0 radical (unpaired) electrons. The lowest BCUT2D eigenvalue weighted by molar-refractivity contribution is -0.137. The molecule has 1 heterocycles. The van der Waals surface area contributed by atoms with Crippen LogP contribution in [0.2, 0.25) is 5.02 Å². The van der Waals surface area contributed by atoms with Gasteiger partial charge in [0.15, 0.2) is 5.78 Å². The molecule has 2 aromatic rings. The fourth-order valence-electron chi connectivity index (χ4n) is 1.79. The van der Waals surface area contributed by atoms with Gasteiger partial charge in [0.2, 0.25) is 0 Å². The molecule has 0 aliphatic carbocycles. The second-order valence-corrected chi connectivity index (χ2v) is 4.77. The zero-order valence-electron chi connectivity index (χ0n) is 10.6. The van der Waals surface area contributed by atoms with Crippen molar-refractivity contribution in [2.75, 3.05) is 5.73 Å². The molecule has 0 bridgehead atoms. The summed E-state index contributed by atoms with van der Waals surface area (Å²) in [4.78, 5) is 15.9. The molecule has 0 aliphatic heterocycles. The van der Waals surface area contributed by atoms with Crippen molar-refractivity contribution in [3.8, 4) is 0 Å². The average Bonchev–Trinajstić information content (AvgIpc) is 2.40. The third-order valence-electron chi connectivity index (χ3n) is 2.89. The van der Waals surface area contributed by atoms with E-state index in [1.165, 1.54) is 18.5 Å². The molecule has 0 saturated carbocycles. The van der Waals surface area contributed by atoms with Crippen molar-refractivity contribution in [2.24, 2.45) is 0 Å². The molecule has 1 aromatic heterocycles. The lowest BCUT2D eigenvalue weighted by Gasteiger charge is -2.11. The number of aromatic nitrogens is 1. The molecule has 0 fully saturated rings.